The fourth-order valence-electron chi connectivity index (χ4n) is 1.04. The van der Waals surface area contributed by atoms with E-state index in [2.05, 4.69) is 0 Å². The number of benzene rings is 1. The fraction of sp³-hybridized carbons (Fsp3) is 0.100. The van der Waals surface area contributed by atoms with Crippen molar-refractivity contribution in [3.63, 3.8) is 0 Å². The van der Waals surface area contributed by atoms with Crippen molar-refractivity contribution in [3.05, 3.63) is 35.4 Å². The molecular formula is C10H8F2O3. The molecule has 0 radical (unpaired) electrons. The van der Waals surface area contributed by atoms with E-state index >= 15 is 0 Å². The lowest BCUT2D eigenvalue weighted by Gasteiger charge is -2.05. The van der Waals surface area contributed by atoms with Gasteiger partial charge in [0, 0.05) is 6.08 Å². The number of hydrogen-bond acceptors (Lipinski definition) is 2. The molecule has 1 N–H and O–H groups in total. The summed E-state index contributed by atoms with van der Waals surface area (Å²) in [6.45, 7) is 0. The van der Waals surface area contributed by atoms with Crippen LogP contribution in [0.5, 0.6) is 5.75 Å². The van der Waals surface area contributed by atoms with E-state index in [4.69, 9.17) is 9.84 Å². The summed E-state index contributed by atoms with van der Waals surface area (Å²) in [6.07, 6.45) is 1.65. The van der Waals surface area contributed by atoms with Gasteiger partial charge in [0.2, 0.25) is 0 Å². The van der Waals surface area contributed by atoms with Gasteiger partial charge in [0.05, 0.1) is 12.7 Å². The lowest BCUT2D eigenvalue weighted by molar-refractivity contribution is -0.131. The molecule has 1 aromatic carbocycles. The summed E-state index contributed by atoms with van der Waals surface area (Å²) in [7, 11) is 1.28. The van der Waals surface area contributed by atoms with Gasteiger partial charge in [-0.2, -0.15) is 0 Å². The van der Waals surface area contributed by atoms with Gasteiger partial charge in [0.25, 0.3) is 0 Å². The van der Waals surface area contributed by atoms with Gasteiger partial charge >= 0.3 is 5.97 Å². The monoisotopic (exact) mass is 214 g/mol. The van der Waals surface area contributed by atoms with Crippen LogP contribution in [-0.2, 0) is 4.79 Å². The van der Waals surface area contributed by atoms with Crippen molar-refractivity contribution in [1.82, 2.24) is 0 Å². The van der Waals surface area contributed by atoms with Crippen molar-refractivity contribution >= 4 is 12.0 Å². The van der Waals surface area contributed by atoms with Gasteiger partial charge in [-0.1, -0.05) is 0 Å². The van der Waals surface area contributed by atoms with Crippen molar-refractivity contribution in [1.29, 1.82) is 0 Å². The smallest absolute Gasteiger partial charge is 0.328 e. The van der Waals surface area contributed by atoms with E-state index in [1.165, 1.54) is 13.2 Å². The molecule has 0 atom stereocenters. The van der Waals surface area contributed by atoms with Gasteiger partial charge in [-0.15, -0.1) is 0 Å². The second kappa shape index (κ2) is 4.54. The molecular weight excluding hydrogens is 206 g/mol. The zero-order chi connectivity index (χ0) is 11.4. The topological polar surface area (TPSA) is 46.5 Å². The normalized spacial score (nSPS) is 10.6. The Balaban J connectivity index is 3.23. The highest BCUT2D eigenvalue weighted by atomic mass is 19.2. The van der Waals surface area contributed by atoms with Crippen molar-refractivity contribution < 1.29 is 23.4 Å². The van der Waals surface area contributed by atoms with Crippen LogP contribution in [0.4, 0.5) is 8.78 Å². The summed E-state index contributed by atoms with van der Waals surface area (Å²) in [6, 6.07) is 2.13. The van der Waals surface area contributed by atoms with Gasteiger partial charge in [0.15, 0.2) is 11.6 Å². The standard InChI is InChI=1S/C10H8F2O3/c1-15-8-4-3-7(11)10(12)6(8)2-5-9(13)14/h2-5H,1H3,(H,13,14)/b5-2+. The Kier molecular flexibility index (Phi) is 3.38. The van der Waals surface area contributed by atoms with E-state index in [0.29, 0.717) is 6.08 Å². The molecule has 0 heterocycles. The lowest BCUT2D eigenvalue weighted by Crippen LogP contribution is -1.95. The quantitative estimate of drug-likeness (QED) is 0.783. The molecule has 0 aliphatic heterocycles. The molecule has 0 unspecified atom stereocenters. The van der Waals surface area contributed by atoms with Crippen LogP contribution < -0.4 is 4.74 Å². The third kappa shape index (κ3) is 2.52. The number of methoxy groups -OCH3 is 1. The maximum atomic E-state index is 13.2. The molecule has 5 heteroatoms. The molecule has 0 aliphatic carbocycles. The molecule has 0 fully saturated rings. The first-order valence-electron chi connectivity index (χ1n) is 3.99. The Morgan fingerprint density at radius 1 is 1.47 bits per heavy atom. The average Bonchev–Trinajstić information content (AvgIpc) is 2.20. The predicted octanol–water partition coefficient (Wildman–Crippen LogP) is 2.07. The summed E-state index contributed by atoms with van der Waals surface area (Å²) in [4.78, 5) is 10.2. The molecule has 0 aliphatic rings. The van der Waals surface area contributed by atoms with Crippen LogP contribution in [-0.4, -0.2) is 18.2 Å². The summed E-state index contributed by atoms with van der Waals surface area (Å²) in [5, 5.41) is 8.35. The van der Waals surface area contributed by atoms with Crippen molar-refractivity contribution in [3.8, 4) is 5.75 Å². The highest BCUT2D eigenvalue weighted by molar-refractivity contribution is 5.86. The first-order chi connectivity index (χ1) is 7.06. The Labute approximate surface area is 84.6 Å². The van der Waals surface area contributed by atoms with Gasteiger partial charge in [-0.25, -0.2) is 13.6 Å². The van der Waals surface area contributed by atoms with E-state index in [1.54, 1.807) is 0 Å². The second-order valence-electron chi connectivity index (χ2n) is 2.65. The Morgan fingerprint density at radius 3 is 2.67 bits per heavy atom. The molecule has 1 aromatic rings. The number of ether oxygens (including phenoxy) is 1. The fourth-order valence-corrected chi connectivity index (χ4v) is 1.04. The SMILES string of the molecule is COc1ccc(F)c(F)c1/C=C/C(=O)O. The van der Waals surface area contributed by atoms with E-state index in [9.17, 15) is 13.6 Å². The van der Waals surface area contributed by atoms with Gasteiger partial charge in [-0.3, -0.25) is 0 Å². The van der Waals surface area contributed by atoms with Crippen molar-refractivity contribution in [2.24, 2.45) is 0 Å². The number of rotatable bonds is 3. The number of hydrogen-bond donors (Lipinski definition) is 1. The number of aliphatic carboxylic acids is 1. The average molecular weight is 214 g/mol. The van der Waals surface area contributed by atoms with E-state index < -0.39 is 17.6 Å². The highest BCUT2D eigenvalue weighted by Gasteiger charge is 2.11. The minimum absolute atomic E-state index is 0.0754. The number of carboxylic acids is 1. The van der Waals surface area contributed by atoms with Crippen LogP contribution in [0.25, 0.3) is 6.08 Å². The highest BCUT2D eigenvalue weighted by Crippen LogP contribution is 2.24. The van der Waals surface area contributed by atoms with Crippen LogP contribution in [0.1, 0.15) is 5.56 Å². The third-order valence-electron chi connectivity index (χ3n) is 1.71. The van der Waals surface area contributed by atoms with Crippen LogP contribution in [0, 0.1) is 11.6 Å². The zero-order valence-electron chi connectivity index (χ0n) is 7.83. The molecule has 1 rings (SSSR count). The van der Waals surface area contributed by atoms with Crippen LogP contribution in [0.2, 0.25) is 0 Å². The largest absolute Gasteiger partial charge is 0.496 e. The Bertz CT molecular complexity index is 413. The van der Waals surface area contributed by atoms with E-state index in [1.807, 2.05) is 0 Å². The van der Waals surface area contributed by atoms with Gasteiger partial charge in [0.1, 0.15) is 5.75 Å². The molecule has 0 spiro atoms. The summed E-state index contributed by atoms with van der Waals surface area (Å²) >= 11 is 0. The summed E-state index contributed by atoms with van der Waals surface area (Å²) < 4.78 is 30.8. The minimum Gasteiger partial charge on any atom is -0.496 e. The number of carboxylic acid groups (broad SMARTS) is 1. The van der Waals surface area contributed by atoms with Gasteiger partial charge in [-0.05, 0) is 18.2 Å². The number of halogens is 2. The van der Waals surface area contributed by atoms with Gasteiger partial charge < -0.3 is 9.84 Å². The summed E-state index contributed by atoms with van der Waals surface area (Å²) in [5.74, 6) is -3.36. The third-order valence-corrected chi connectivity index (χ3v) is 1.71. The molecule has 0 aromatic heterocycles. The first-order valence-corrected chi connectivity index (χ1v) is 3.99. The molecule has 15 heavy (non-hydrogen) atoms. The van der Waals surface area contributed by atoms with Crippen molar-refractivity contribution in [2.75, 3.05) is 7.11 Å². The van der Waals surface area contributed by atoms with Crippen LogP contribution in [0.15, 0.2) is 18.2 Å². The summed E-state index contributed by atoms with van der Waals surface area (Å²) in [5.41, 5.74) is -0.222. The Hall–Kier alpha value is -1.91. The predicted molar refractivity (Wildman–Crippen MR) is 49.6 cm³/mol. The van der Waals surface area contributed by atoms with Crippen molar-refractivity contribution in [2.45, 2.75) is 0 Å². The molecule has 3 nitrogen and oxygen atoms in total. The Morgan fingerprint density at radius 2 is 2.13 bits per heavy atom. The maximum absolute atomic E-state index is 13.2. The van der Waals surface area contributed by atoms with E-state index in [0.717, 1.165) is 12.1 Å². The van der Waals surface area contributed by atoms with Crippen LogP contribution >= 0.6 is 0 Å². The zero-order valence-corrected chi connectivity index (χ0v) is 7.83. The molecule has 80 valence electrons. The molecule has 0 bridgehead atoms. The first kappa shape index (κ1) is 11.2. The molecule has 0 saturated carbocycles. The van der Waals surface area contributed by atoms with Crippen LogP contribution in [0.3, 0.4) is 0 Å². The molecule has 0 amide bonds. The molecule has 0 saturated heterocycles. The lowest BCUT2D eigenvalue weighted by atomic mass is 10.1. The van der Waals surface area contributed by atoms with E-state index in [-0.39, 0.29) is 11.3 Å². The minimum atomic E-state index is -1.25. The maximum Gasteiger partial charge on any atom is 0.328 e. The number of carbonyl (C=O) groups is 1. The second-order valence-corrected chi connectivity index (χ2v) is 2.65.